The van der Waals surface area contributed by atoms with Crippen molar-refractivity contribution in [3.63, 3.8) is 0 Å². The summed E-state index contributed by atoms with van der Waals surface area (Å²) in [4.78, 5) is 27.5. The highest BCUT2D eigenvalue weighted by molar-refractivity contribution is 6.30. The summed E-state index contributed by atoms with van der Waals surface area (Å²) in [6.07, 6.45) is -3.37. The molecule has 22 heavy (non-hydrogen) atoms. The Bertz CT molecular complexity index is 596. The minimum absolute atomic E-state index is 0.0693. The summed E-state index contributed by atoms with van der Waals surface area (Å²) < 4.78 is 38.5. The number of alkyl halides is 3. The first-order valence-electron chi connectivity index (χ1n) is 6.15. The van der Waals surface area contributed by atoms with Crippen LogP contribution in [0, 0.1) is 11.8 Å². The van der Waals surface area contributed by atoms with Gasteiger partial charge in [0.05, 0.1) is 11.8 Å². The average molecular weight is 338 g/mol. The van der Waals surface area contributed by atoms with Gasteiger partial charge < -0.3 is 10.0 Å². The van der Waals surface area contributed by atoms with Gasteiger partial charge in [0.25, 0.3) is 0 Å². The maximum atomic E-state index is 12.8. The van der Waals surface area contributed by atoms with E-state index in [0.717, 1.165) is 4.90 Å². The Morgan fingerprint density at radius 3 is 2.59 bits per heavy atom. The molecule has 1 fully saturated rings. The molecule has 2 amide bonds. The third kappa shape index (κ3) is 3.59. The molecule has 0 bridgehead atoms. The number of urea groups is 1. The van der Waals surface area contributed by atoms with Gasteiger partial charge in [0.2, 0.25) is 0 Å². The molecular formula is C12H11ClF3N3O3. The molecule has 1 saturated heterocycles. The van der Waals surface area contributed by atoms with E-state index in [9.17, 15) is 22.8 Å². The number of amides is 2. The number of aliphatic carboxylic acids is 1. The highest BCUT2D eigenvalue weighted by Crippen LogP contribution is 2.37. The zero-order valence-corrected chi connectivity index (χ0v) is 11.7. The Hall–Kier alpha value is -2.03. The van der Waals surface area contributed by atoms with Crippen molar-refractivity contribution in [1.82, 2.24) is 9.88 Å². The molecule has 0 aromatic carbocycles. The van der Waals surface area contributed by atoms with Crippen molar-refractivity contribution in [3.8, 4) is 0 Å². The number of anilines is 1. The van der Waals surface area contributed by atoms with Crippen LogP contribution in [-0.2, 0) is 4.79 Å². The van der Waals surface area contributed by atoms with Crippen molar-refractivity contribution in [2.24, 2.45) is 11.8 Å². The lowest BCUT2D eigenvalue weighted by Crippen LogP contribution is -2.35. The van der Waals surface area contributed by atoms with Crippen LogP contribution in [0.2, 0.25) is 5.02 Å². The Balaban J connectivity index is 2.10. The maximum absolute atomic E-state index is 12.8. The number of aromatic nitrogens is 1. The number of likely N-dealkylation sites (tertiary alicyclic amines) is 1. The molecule has 0 radical (unpaired) electrons. The Morgan fingerprint density at radius 2 is 2.09 bits per heavy atom. The number of hydrogen-bond donors (Lipinski definition) is 2. The Labute approximate surface area is 127 Å². The lowest BCUT2D eigenvalue weighted by Gasteiger charge is -2.18. The molecule has 1 aromatic heterocycles. The normalized spacial score (nSPS) is 21.7. The van der Waals surface area contributed by atoms with Crippen molar-refractivity contribution in [1.29, 1.82) is 0 Å². The molecule has 0 spiro atoms. The van der Waals surface area contributed by atoms with Crippen LogP contribution in [0.5, 0.6) is 0 Å². The van der Waals surface area contributed by atoms with Gasteiger partial charge in [-0.3, -0.25) is 10.1 Å². The molecule has 2 atom stereocenters. The SMILES string of the molecule is O=C(O)[C@@H]1CN(C(=O)Nc2cc(Cl)ccn2)C[C@H]1C(F)(F)F. The fraction of sp³-hybridized carbons (Fsp3) is 0.417. The second-order valence-electron chi connectivity index (χ2n) is 4.79. The van der Waals surface area contributed by atoms with Gasteiger partial charge in [-0.1, -0.05) is 11.6 Å². The highest BCUT2D eigenvalue weighted by atomic mass is 35.5. The van der Waals surface area contributed by atoms with Crippen molar-refractivity contribution < 1.29 is 27.9 Å². The molecule has 10 heteroatoms. The van der Waals surface area contributed by atoms with Crippen LogP contribution in [0.4, 0.5) is 23.8 Å². The van der Waals surface area contributed by atoms with Crippen LogP contribution in [0.3, 0.4) is 0 Å². The van der Waals surface area contributed by atoms with Gasteiger partial charge in [-0.15, -0.1) is 0 Å². The van der Waals surface area contributed by atoms with Gasteiger partial charge >= 0.3 is 18.2 Å². The number of carbonyl (C=O) groups excluding carboxylic acids is 1. The number of nitrogens with one attached hydrogen (secondary N) is 1. The zero-order chi connectivity index (χ0) is 16.5. The summed E-state index contributed by atoms with van der Waals surface area (Å²) in [5.41, 5.74) is 0. The third-order valence-corrected chi connectivity index (χ3v) is 3.54. The van der Waals surface area contributed by atoms with E-state index in [-0.39, 0.29) is 5.82 Å². The molecule has 0 aliphatic carbocycles. The molecule has 1 aromatic rings. The molecule has 0 unspecified atom stereocenters. The predicted octanol–water partition coefficient (Wildman–Crippen LogP) is 2.46. The minimum Gasteiger partial charge on any atom is -0.481 e. The monoisotopic (exact) mass is 337 g/mol. The van der Waals surface area contributed by atoms with Gasteiger partial charge in [-0.2, -0.15) is 13.2 Å². The zero-order valence-electron chi connectivity index (χ0n) is 11.0. The summed E-state index contributed by atoms with van der Waals surface area (Å²) >= 11 is 5.70. The molecule has 120 valence electrons. The van der Waals surface area contributed by atoms with Crippen LogP contribution in [0.25, 0.3) is 0 Å². The van der Waals surface area contributed by atoms with Crippen molar-refractivity contribution >= 4 is 29.4 Å². The number of carboxylic acids is 1. The number of rotatable bonds is 2. The molecule has 1 aliphatic rings. The van der Waals surface area contributed by atoms with Crippen molar-refractivity contribution in [3.05, 3.63) is 23.4 Å². The smallest absolute Gasteiger partial charge is 0.394 e. The van der Waals surface area contributed by atoms with E-state index < -0.39 is 43.1 Å². The first-order chi connectivity index (χ1) is 10.2. The summed E-state index contributed by atoms with van der Waals surface area (Å²) in [7, 11) is 0. The Morgan fingerprint density at radius 1 is 1.41 bits per heavy atom. The number of hydrogen-bond acceptors (Lipinski definition) is 3. The van der Waals surface area contributed by atoms with Crippen LogP contribution >= 0.6 is 11.6 Å². The second kappa shape index (κ2) is 5.99. The van der Waals surface area contributed by atoms with Gasteiger partial charge in [-0.05, 0) is 12.1 Å². The molecule has 1 aliphatic heterocycles. The first kappa shape index (κ1) is 16.3. The number of nitrogens with zero attached hydrogens (tertiary/aromatic N) is 2. The number of carbonyl (C=O) groups is 2. The van der Waals surface area contributed by atoms with Gasteiger partial charge in [-0.25, -0.2) is 9.78 Å². The summed E-state index contributed by atoms with van der Waals surface area (Å²) in [6.45, 7) is -1.24. The van der Waals surface area contributed by atoms with Crippen molar-refractivity contribution in [2.45, 2.75) is 6.18 Å². The lowest BCUT2D eigenvalue weighted by atomic mass is 9.96. The predicted molar refractivity (Wildman–Crippen MR) is 70.5 cm³/mol. The van der Waals surface area contributed by atoms with E-state index in [2.05, 4.69) is 10.3 Å². The summed E-state index contributed by atoms with van der Waals surface area (Å²) in [5.74, 6) is -5.29. The molecule has 0 saturated carbocycles. The number of halogens is 4. The largest absolute Gasteiger partial charge is 0.481 e. The summed E-state index contributed by atoms with van der Waals surface area (Å²) in [5, 5.41) is 11.5. The van der Waals surface area contributed by atoms with E-state index in [0.29, 0.717) is 5.02 Å². The van der Waals surface area contributed by atoms with Crippen LogP contribution < -0.4 is 5.32 Å². The third-order valence-electron chi connectivity index (χ3n) is 3.30. The first-order valence-corrected chi connectivity index (χ1v) is 6.53. The van der Waals surface area contributed by atoms with E-state index in [1.165, 1.54) is 18.3 Å². The molecule has 2 rings (SSSR count). The highest BCUT2D eigenvalue weighted by Gasteiger charge is 2.53. The van der Waals surface area contributed by atoms with Crippen LogP contribution in [0.15, 0.2) is 18.3 Å². The minimum atomic E-state index is -4.69. The maximum Gasteiger partial charge on any atom is 0.394 e. The van der Waals surface area contributed by atoms with E-state index in [1.807, 2.05) is 0 Å². The van der Waals surface area contributed by atoms with Gasteiger partial charge in [0.1, 0.15) is 5.82 Å². The quantitative estimate of drug-likeness (QED) is 0.868. The van der Waals surface area contributed by atoms with E-state index in [4.69, 9.17) is 16.7 Å². The molecule has 2 N–H and O–H groups in total. The van der Waals surface area contributed by atoms with Crippen molar-refractivity contribution in [2.75, 3.05) is 18.4 Å². The van der Waals surface area contributed by atoms with E-state index in [1.54, 1.807) is 0 Å². The van der Waals surface area contributed by atoms with E-state index >= 15 is 0 Å². The Kier molecular flexibility index (Phi) is 4.45. The standard InChI is InChI=1S/C12H11ClF3N3O3/c13-6-1-2-17-9(3-6)18-11(22)19-4-7(10(20)21)8(5-19)12(14,15)16/h1-3,7-8H,4-5H2,(H,20,21)(H,17,18,22)/t7-,8-/m1/s1. The van der Waals surface area contributed by atoms with Crippen LogP contribution in [0.1, 0.15) is 0 Å². The summed E-state index contributed by atoms with van der Waals surface area (Å²) in [6, 6.07) is 1.94. The topological polar surface area (TPSA) is 82.5 Å². The fourth-order valence-electron chi connectivity index (χ4n) is 2.21. The van der Waals surface area contributed by atoms with Gasteiger partial charge in [0, 0.05) is 24.3 Å². The van der Waals surface area contributed by atoms with Gasteiger partial charge in [0.15, 0.2) is 0 Å². The second-order valence-corrected chi connectivity index (χ2v) is 5.22. The average Bonchev–Trinajstić information content (AvgIpc) is 2.83. The number of pyridine rings is 1. The number of carboxylic acid groups (broad SMARTS) is 1. The van der Waals surface area contributed by atoms with Crippen LogP contribution in [-0.4, -0.2) is 46.3 Å². The molecule has 2 heterocycles. The molecular weight excluding hydrogens is 327 g/mol. The lowest BCUT2D eigenvalue weighted by molar-refractivity contribution is -0.187. The fourth-order valence-corrected chi connectivity index (χ4v) is 2.37. The molecule has 6 nitrogen and oxygen atoms in total.